The van der Waals surface area contributed by atoms with Gasteiger partial charge in [0.1, 0.15) is 0 Å². The summed E-state index contributed by atoms with van der Waals surface area (Å²) in [5.41, 5.74) is 2.39. The van der Waals surface area contributed by atoms with E-state index in [4.69, 9.17) is 0 Å². The topological polar surface area (TPSA) is 12.9 Å². The number of pyridine rings is 1. The van der Waals surface area contributed by atoms with Gasteiger partial charge in [0.25, 0.3) is 0 Å². The van der Waals surface area contributed by atoms with Crippen molar-refractivity contribution < 1.29 is 8.78 Å². The summed E-state index contributed by atoms with van der Waals surface area (Å²) in [4.78, 5) is 4.29. The van der Waals surface area contributed by atoms with Gasteiger partial charge in [-0.2, -0.15) is 0 Å². The Bertz CT molecular complexity index is 535. The predicted molar refractivity (Wildman–Crippen MR) is 63.7 cm³/mol. The lowest BCUT2D eigenvalue weighted by atomic mass is 9.98. The van der Waals surface area contributed by atoms with E-state index in [1.54, 1.807) is 18.3 Å². The first-order valence-corrected chi connectivity index (χ1v) is 5.50. The van der Waals surface area contributed by atoms with Crippen molar-refractivity contribution in [2.45, 2.75) is 19.8 Å². The Balaban J connectivity index is 2.56. The van der Waals surface area contributed by atoms with Crippen molar-refractivity contribution in [3.63, 3.8) is 0 Å². The van der Waals surface area contributed by atoms with Crippen LogP contribution in [0.4, 0.5) is 8.78 Å². The molecule has 1 aromatic carbocycles. The number of aromatic nitrogens is 1. The molecule has 17 heavy (non-hydrogen) atoms. The highest BCUT2D eigenvalue weighted by atomic mass is 19.2. The van der Waals surface area contributed by atoms with E-state index in [2.05, 4.69) is 4.98 Å². The third kappa shape index (κ3) is 2.33. The van der Waals surface area contributed by atoms with Crippen LogP contribution in [-0.2, 0) is 0 Å². The average molecular weight is 233 g/mol. The predicted octanol–water partition coefficient (Wildman–Crippen LogP) is 4.15. The van der Waals surface area contributed by atoms with E-state index in [-0.39, 0.29) is 5.92 Å². The standard InChI is InChI=1S/C14H13F2N/c1-9(2)14-11(4-3-7-17-14)10-5-6-12(15)13(16)8-10/h3-9H,1-2H3. The number of halogens is 2. The molecule has 0 bridgehead atoms. The van der Waals surface area contributed by atoms with E-state index in [9.17, 15) is 8.78 Å². The molecule has 0 fully saturated rings. The summed E-state index contributed by atoms with van der Waals surface area (Å²) >= 11 is 0. The van der Waals surface area contributed by atoms with E-state index in [0.29, 0.717) is 5.56 Å². The average Bonchev–Trinajstić information content (AvgIpc) is 2.32. The van der Waals surface area contributed by atoms with Gasteiger partial charge in [-0.1, -0.05) is 26.0 Å². The van der Waals surface area contributed by atoms with Gasteiger partial charge in [0.15, 0.2) is 11.6 Å². The van der Waals surface area contributed by atoms with Gasteiger partial charge in [-0.25, -0.2) is 8.78 Å². The van der Waals surface area contributed by atoms with Crippen LogP contribution < -0.4 is 0 Å². The first-order valence-electron chi connectivity index (χ1n) is 5.50. The van der Waals surface area contributed by atoms with Crippen molar-refractivity contribution in [2.24, 2.45) is 0 Å². The van der Waals surface area contributed by atoms with Crippen LogP contribution in [0.2, 0.25) is 0 Å². The van der Waals surface area contributed by atoms with Gasteiger partial charge in [0.2, 0.25) is 0 Å². The Labute approximate surface area is 99.1 Å². The molecule has 0 aliphatic rings. The zero-order valence-corrected chi connectivity index (χ0v) is 9.74. The molecule has 88 valence electrons. The van der Waals surface area contributed by atoms with Crippen LogP contribution in [0.5, 0.6) is 0 Å². The van der Waals surface area contributed by atoms with E-state index in [0.717, 1.165) is 17.3 Å². The van der Waals surface area contributed by atoms with Crippen LogP contribution in [-0.4, -0.2) is 4.98 Å². The highest BCUT2D eigenvalue weighted by Crippen LogP contribution is 2.28. The first-order chi connectivity index (χ1) is 8.09. The monoisotopic (exact) mass is 233 g/mol. The maximum absolute atomic E-state index is 13.2. The van der Waals surface area contributed by atoms with Crippen molar-refractivity contribution in [3.05, 3.63) is 53.9 Å². The molecule has 0 saturated heterocycles. The highest BCUT2D eigenvalue weighted by Gasteiger charge is 2.11. The van der Waals surface area contributed by atoms with Crippen LogP contribution >= 0.6 is 0 Å². The quantitative estimate of drug-likeness (QED) is 0.759. The second-order valence-electron chi connectivity index (χ2n) is 4.22. The molecule has 0 unspecified atom stereocenters. The molecule has 0 amide bonds. The summed E-state index contributed by atoms with van der Waals surface area (Å²) in [6, 6.07) is 7.58. The Hall–Kier alpha value is -1.77. The summed E-state index contributed by atoms with van der Waals surface area (Å²) in [6.45, 7) is 4.04. The second kappa shape index (κ2) is 4.62. The van der Waals surface area contributed by atoms with E-state index in [1.807, 2.05) is 19.9 Å². The highest BCUT2D eigenvalue weighted by molar-refractivity contribution is 5.66. The van der Waals surface area contributed by atoms with Crippen LogP contribution in [0.15, 0.2) is 36.5 Å². The fourth-order valence-electron chi connectivity index (χ4n) is 1.79. The van der Waals surface area contributed by atoms with Gasteiger partial charge in [0, 0.05) is 11.8 Å². The number of benzene rings is 1. The summed E-state index contributed by atoms with van der Waals surface area (Å²) in [7, 11) is 0. The van der Waals surface area contributed by atoms with Crippen molar-refractivity contribution >= 4 is 0 Å². The minimum absolute atomic E-state index is 0.235. The smallest absolute Gasteiger partial charge is 0.159 e. The molecule has 0 atom stereocenters. The third-order valence-electron chi connectivity index (χ3n) is 2.62. The van der Waals surface area contributed by atoms with E-state index >= 15 is 0 Å². The largest absolute Gasteiger partial charge is 0.260 e. The molecular formula is C14H13F2N. The van der Waals surface area contributed by atoms with Gasteiger partial charge in [-0.15, -0.1) is 0 Å². The van der Waals surface area contributed by atoms with Gasteiger partial charge < -0.3 is 0 Å². The SMILES string of the molecule is CC(C)c1ncccc1-c1ccc(F)c(F)c1. The fraction of sp³-hybridized carbons (Fsp3) is 0.214. The summed E-state index contributed by atoms with van der Waals surface area (Å²) in [6.07, 6.45) is 1.71. The lowest BCUT2D eigenvalue weighted by Gasteiger charge is -2.11. The summed E-state index contributed by atoms with van der Waals surface area (Å²) < 4.78 is 26.1. The van der Waals surface area contributed by atoms with Crippen LogP contribution in [0.1, 0.15) is 25.5 Å². The van der Waals surface area contributed by atoms with Gasteiger partial charge in [-0.3, -0.25) is 4.98 Å². The van der Waals surface area contributed by atoms with Gasteiger partial charge >= 0.3 is 0 Å². The summed E-state index contributed by atoms with van der Waals surface area (Å²) in [5, 5.41) is 0. The molecule has 0 N–H and O–H groups in total. The van der Waals surface area contributed by atoms with Crippen LogP contribution in [0.3, 0.4) is 0 Å². The molecule has 0 spiro atoms. The molecule has 0 aliphatic heterocycles. The lowest BCUT2D eigenvalue weighted by molar-refractivity contribution is 0.509. The minimum Gasteiger partial charge on any atom is -0.260 e. The molecular weight excluding hydrogens is 220 g/mol. The van der Waals surface area contributed by atoms with Crippen molar-refractivity contribution in [2.75, 3.05) is 0 Å². The summed E-state index contributed by atoms with van der Waals surface area (Å²) in [5.74, 6) is -1.43. The van der Waals surface area contributed by atoms with Crippen molar-refractivity contribution in [3.8, 4) is 11.1 Å². The molecule has 3 heteroatoms. The Morgan fingerprint density at radius 3 is 2.47 bits per heavy atom. The molecule has 0 aliphatic carbocycles. The van der Waals surface area contributed by atoms with E-state index in [1.165, 1.54) is 6.07 Å². The number of hydrogen-bond acceptors (Lipinski definition) is 1. The number of hydrogen-bond donors (Lipinski definition) is 0. The molecule has 1 aromatic heterocycles. The normalized spacial score (nSPS) is 10.9. The Morgan fingerprint density at radius 2 is 1.82 bits per heavy atom. The molecule has 1 heterocycles. The van der Waals surface area contributed by atoms with Crippen molar-refractivity contribution in [1.29, 1.82) is 0 Å². The first kappa shape index (κ1) is 11.7. The minimum atomic E-state index is -0.832. The molecule has 0 saturated carbocycles. The fourth-order valence-corrected chi connectivity index (χ4v) is 1.79. The maximum Gasteiger partial charge on any atom is 0.159 e. The van der Waals surface area contributed by atoms with Gasteiger partial charge in [-0.05, 0) is 29.7 Å². The molecule has 0 radical (unpaired) electrons. The Morgan fingerprint density at radius 1 is 1.06 bits per heavy atom. The lowest BCUT2D eigenvalue weighted by Crippen LogP contribution is -1.96. The van der Waals surface area contributed by atoms with Crippen LogP contribution in [0, 0.1) is 11.6 Å². The third-order valence-corrected chi connectivity index (χ3v) is 2.62. The Kier molecular flexibility index (Phi) is 3.18. The molecule has 1 nitrogen and oxygen atoms in total. The maximum atomic E-state index is 13.2. The zero-order chi connectivity index (χ0) is 12.4. The second-order valence-corrected chi connectivity index (χ2v) is 4.22. The van der Waals surface area contributed by atoms with Crippen LogP contribution in [0.25, 0.3) is 11.1 Å². The van der Waals surface area contributed by atoms with Gasteiger partial charge in [0.05, 0.1) is 5.69 Å². The zero-order valence-electron chi connectivity index (χ0n) is 9.74. The molecule has 2 rings (SSSR count). The number of nitrogens with zero attached hydrogens (tertiary/aromatic N) is 1. The van der Waals surface area contributed by atoms with E-state index < -0.39 is 11.6 Å². The molecule has 2 aromatic rings. The van der Waals surface area contributed by atoms with Crippen molar-refractivity contribution in [1.82, 2.24) is 4.98 Å². The number of rotatable bonds is 2.